The molecule has 0 unspecified atom stereocenters. The summed E-state index contributed by atoms with van der Waals surface area (Å²) in [6.45, 7) is 1.07. The lowest BCUT2D eigenvalue weighted by Gasteiger charge is -2.13. The third-order valence-corrected chi connectivity index (χ3v) is 1.89. The van der Waals surface area contributed by atoms with E-state index < -0.39 is 5.92 Å². The summed E-state index contributed by atoms with van der Waals surface area (Å²) in [7, 11) is 0. The Bertz CT molecular complexity index is 296. The van der Waals surface area contributed by atoms with E-state index in [0.29, 0.717) is 11.1 Å². The average molecular weight is 201 g/mol. The van der Waals surface area contributed by atoms with Gasteiger partial charge in [0, 0.05) is 13.0 Å². The maximum Gasteiger partial charge on any atom is 0.249 e. The van der Waals surface area contributed by atoms with Crippen LogP contribution in [0.25, 0.3) is 0 Å². The summed E-state index contributed by atoms with van der Waals surface area (Å²) in [5.41, 5.74) is 3.21. The SMILES string of the molecule is CC(F)(F)Cc1ccccc1CNO. The van der Waals surface area contributed by atoms with Crippen molar-refractivity contribution >= 4 is 0 Å². The lowest BCUT2D eigenvalue weighted by atomic mass is 10.0. The maximum atomic E-state index is 12.7. The molecule has 0 saturated heterocycles. The first kappa shape index (κ1) is 11.1. The summed E-state index contributed by atoms with van der Waals surface area (Å²) in [4.78, 5) is 0. The fourth-order valence-electron chi connectivity index (χ4n) is 1.32. The number of nitrogens with one attached hydrogen (secondary N) is 1. The van der Waals surface area contributed by atoms with Crippen LogP contribution in [0.5, 0.6) is 0 Å². The molecule has 14 heavy (non-hydrogen) atoms. The van der Waals surface area contributed by atoms with E-state index in [9.17, 15) is 8.78 Å². The van der Waals surface area contributed by atoms with Crippen molar-refractivity contribution in [1.29, 1.82) is 0 Å². The molecule has 0 aliphatic heterocycles. The Morgan fingerprint density at radius 2 is 1.86 bits per heavy atom. The van der Waals surface area contributed by atoms with Crippen LogP contribution >= 0.6 is 0 Å². The monoisotopic (exact) mass is 201 g/mol. The highest BCUT2D eigenvalue weighted by Gasteiger charge is 2.22. The molecule has 0 aromatic heterocycles. The van der Waals surface area contributed by atoms with Gasteiger partial charge in [-0.2, -0.15) is 0 Å². The standard InChI is InChI=1S/C10H13F2NO/c1-10(11,12)6-8-4-2-3-5-9(8)7-13-14/h2-5,13-14H,6-7H2,1H3. The van der Waals surface area contributed by atoms with Crippen molar-refractivity contribution in [2.75, 3.05) is 0 Å². The van der Waals surface area contributed by atoms with Crippen molar-refractivity contribution < 1.29 is 14.0 Å². The Balaban J connectivity index is 2.84. The van der Waals surface area contributed by atoms with Gasteiger partial charge in [-0.05, 0) is 18.1 Å². The van der Waals surface area contributed by atoms with Gasteiger partial charge < -0.3 is 5.21 Å². The van der Waals surface area contributed by atoms with Gasteiger partial charge in [-0.1, -0.05) is 24.3 Å². The molecule has 1 aromatic carbocycles. The summed E-state index contributed by atoms with van der Waals surface area (Å²) >= 11 is 0. The van der Waals surface area contributed by atoms with Crippen LogP contribution in [-0.2, 0) is 13.0 Å². The molecule has 78 valence electrons. The summed E-state index contributed by atoms with van der Waals surface area (Å²) in [5, 5.41) is 8.50. The van der Waals surface area contributed by atoms with Crippen LogP contribution in [-0.4, -0.2) is 11.1 Å². The van der Waals surface area contributed by atoms with Crippen molar-refractivity contribution in [2.24, 2.45) is 0 Å². The molecule has 0 radical (unpaired) electrons. The van der Waals surface area contributed by atoms with Crippen molar-refractivity contribution in [2.45, 2.75) is 25.8 Å². The first-order valence-electron chi connectivity index (χ1n) is 4.34. The molecule has 2 N–H and O–H groups in total. The van der Waals surface area contributed by atoms with Gasteiger partial charge in [-0.15, -0.1) is 0 Å². The molecule has 0 aliphatic carbocycles. The topological polar surface area (TPSA) is 32.3 Å². The van der Waals surface area contributed by atoms with E-state index in [1.807, 2.05) is 5.48 Å². The Kier molecular flexibility index (Phi) is 3.55. The largest absolute Gasteiger partial charge is 0.316 e. The van der Waals surface area contributed by atoms with Crippen LogP contribution in [0, 0.1) is 0 Å². The van der Waals surface area contributed by atoms with E-state index in [2.05, 4.69) is 0 Å². The lowest BCUT2D eigenvalue weighted by Crippen LogP contribution is -2.16. The van der Waals surface area contributed by atoms with Gasteiger partial charge in [-0.25, -0.2) is 14.3 Å². The average Bonchev–Trinajstić information content (AvgIpc) is 2.06. The smallest absolute Gasteiger partial charge is 0.249 e. The van der Waals surface area contributed by atoms with Gasteiger partial charge in [0.25, 0.3) is 0 Å². The van der Waals surface area contributed by atoms with Crippen LogP contribution in [0.3, 0.4) is 0 Å². The number of hydrogen-bond acceptors (Lipinski definition) is 2. The second-order valence-electron chi connectivity index (χ2n) is 3.35. The molecule has 1 aromatic rings. The van der Waals surface area contributed by atoms with E-state index in [1.165, 1.54) is 0 Å². The summed E-state index contributed by atoms with van der Waals surface area (Å²) in [6, 6.07) is 6.82. The predicted octanol–water partition coefficient (Wildman–Crippen LogP) is 2.36. The normalized spacial score (nSPS) is 11.7. The molecule has 0 spiro atoms. The molecule has 1 rings (SSSR count). The predicted molar refractivity (Wildman–Crippen MR) is 49.4 cm³/mol. The zero-order valence-corrected chi connectivity index (χ0v) is 7.93. The minimum atomic E-state index is -2.72. The molecule has 0 atom stereocenters. The fraction of sp³-hybridized carbons (Fsp3) is 0.400. The van der Waals surface area contributed by atoms with Gasteiger partial charge in [0.15, 0.2) is 0 Å². The summed E-state index contributed by atoms with van der Waals surface area (Å²) in [5.74, 6) is -2.72. The number of rotatable bonds is 4. The second-order valence-corrected chi connectivity index (χ2v) is 3.35. The zero-order valence-electron chi connectivity index (χ0n) is 7.93. The highest BCUT2D eigenvalue weighted by atomic mass is 19.3. The molecule has 2 nitrogen and oxygen atoms in total. The van der Waals surface area contributed by atoms with Crippen LogP contribution in [0.1, 0.15) is 18.1 Å². The third-order valence-electron chi connectivity index (χ3n) is 1.89. The van der Waals surface area contributed by atoms with E-state index in [1.54, 1.807) is 24.3 Å². The minimum absolute atomic E-state index is 0.187. The molecule has 0 saturated carbocycles. The number of hydrogen-bond donors (Lipinski definition) is 2. The Hall–Kier alpha value is -1.00. The van der Waals surface area contributed by atoms with Crippen molar-refractivity contribution in [3.05, 3.63) is 35.4 Å². The highest BCUT2D eigenvalue weighted by Crippen LogP contribution is 2.21. The van der Waals surface area contributed by atoms with E-state index in [0.717, 1.165) is 6.92 Å². The Morgan fingerprint density at radius 1 is 1.29 bits per heavy atom. The third kappa shape index (κ3) is 3.40. The van der Waals surface area contributed by atoms with Crippen molar-refractivity contribution in [3.63, 3.8) is 0 Å². The highest BCUT2D eigenvalue weighted by molar-refractivity contribution is 5.27. The lowest BCUT2D eigenvalue weighted by molar-refractivity contribution is 0.0222. The van der Waals surface area contributed by atoms with Gasteiger partial charge in [-0.3, -0.25) is 0 Å². The van der Waals surface area contributed by atoms with Crippen molar-refractivity contribution in [1.82, 2.24) is 5.48 Å². The molecule has 0 aliphatic rings. The van der Waals surface area contributed by atoms with Crippen LogP contribution in [0.2, 0.25) is 0 Å². The van der Waals surface area contributed by atoms with Gasteiger partial charge in [0.05, 0.1) is 0 Å². The van der Waals surface area contributed by atoms with Crippen LogP contribution < -0.4 is 5.48 Å². The molecular formula is C10H13F2NO. The Labute approximate surface area is 81.5 Å². The first-order chi connectivity index (χ1) is 6.53. The number of benzene rings is 1. The van der Waals surface area contributed by atoms with Gasteiger partial charge >= 0.3 is 0 Å². The minimum Gasteiger partial charge on any atom is -0.316 e. The number of alkyl halides is 2. The molecule has 0 amide bonds. The van der Waals surface area contributed by atoms with Crippen LogP contribution in [0.15, 0.2) is 24.3 Å². The first-order valence-corrected chi connectivity index (χ1v) is 4.34. The van der Waals surface area contributed by atoms with E-state index in [-0.39, 0.29) is 13.0 Å². The second kappa shape index (κ2) is 4.48. The summed E-state index contributed by atoms with van der Waals surface area (Å²) < 4.78 is 25.5. The number of halogens is 2. The molecule has 0 fully saturated rings. The fourth-order valence-corrected chi connectivity index (χ4v) is 1.32. The molecular weight excluding hydrogens is 188 g/mol. The van der Waals surface area contributed by atoms with E-state index in [4.69, 9.17) is 5.21 Å². The summed E-state index contributed by atoms with van der Waals surface area (Å²) in [6.07, 6.45) is -0.301. The quantitative estimate of drug-likeness (QED) is 0.733. The van der Waals surface area contributed by atoms with E-state index >= 15 is 0 Å². The maximum absolute atomic E-state index is 12.7. The van der Waals surface area contributed by atoms with Gasteiger partial charge in [0.1, 0.15) is 0 Å². The molecule has 0 bridgehead atoms. The number of hydroxylamine groups is 1. The Morgan fingerprint density at radius 3 is 2.36 bits per heavy atom. The molecule has 0 heterocycles. The van der Waals surface area contributed by atoms with Gasteiger partial charge in [0.2, 0.25) is 5.92 Å². The van der Waals surface area contributed by atoms with Crippen LogP contribution in [0.4, 0.5) is 8.78 Å². The van der Waals surface area contributed by atoms with Crippen molar-refractivity contribution in [3.8, 4) is 0 Å². The molecule has 4 heteroatoms. The zero-order chi connectivity index (χ0) is 10.6.